The average molecular weight is 310 g/mol. The quantitative estimate of drug-likeness (QED) is 0.731. The lowest BCUT2D eigenvalue weighted by atomic mass is 10.1. The van der Waals surface area contributed by atoms with Crippen molar-refractivity contribution >= 4 is 23.3 Å². The minimum absolute atomic E-state index is 0.170. The topological polar surface area (TPSA) is 55.1 Å². The Hall–Kier alpha value is -2.66. The van der Waals surface area contributed by atoms with E-state index in [0.717, 1.165) is 16.8 Å². The molecule has 0 aromatic carbocycles. The third-order valence-corrected chi connectivity index (χ3v) is 3.76. The van der Waals surface area contributed by atoms with Gasteiger partial charge in [0.05, 0.1) is 12.0 Å². The van der Waals surface area contributed by atoms with E-state index in [1.807, 2.05) is 29.0 Å². The first-order valence-electron chi connectivity index (χ1n) is 6.79. The van der Waals surface area contributed by atoms with Crippen molar-refractivity contribution < 1.29 is 9.21 Å². The molecule has 0 unspecified atom stereocenters. The van der Waals surface area contributed by atoms with Gasteiger partial charge in [0.25, 0.3) is 0 Å². The monoisotopic (exact) mass is 310 g/mol. The largest absolute Gasteiger partial charge is 0.465 e. The normalized spacial score (nSPS) is 10.9. The summed E-state index contributed by atoms with van der Waals surface area (Å²) >= 11 is 1.63. The highest BCUT2D eigenvalue weighted by atomic mass is 32.1. The van der Waals surface area contributed by atoms with Crippen LogP contribution < -0.4 is 5.32 Å². The van der Waals surface area contributed by atoms with Crippen LogP contribution in [0.25, 0.3) is 17.3 Å². The van der Waals surface area contributed by atoms with Crippen molar-refractivity contribution in [2.75, 3.05) is 0 Å². The van der Waals surface area contributed by atoms with Crippen LogP contribution in [0.15, 0.2) is 64.0 Å². The number of hydrogen-bond donors (Lipinski definition) is 1. The van der Waals surface area contributed by atoms with Crippen LogP contribution in [0.5, 0.6) is 0 Å². The number of hydrogen-bond acceptors (Lipinski definition) is 4. The van der Waals surface area contributed by atoms with Crippen molar-refractivity contribution in [1.82, 2.24) is 10.3 Å². The Morgan fingerprint density at radius 1 is 1.32 bits per heavy atom. The summed E-state index contributed by atoms with van der Waals surface area (Å²) in [4.78, 5) is 16.3. The average Bonchev–Trinajstić information content (AvgIpc) is 3.24. The van der Waals surface area contributed by atoms with E-state index in [1.54, 1.807) is 42.0 Å². The van der Waals surface area contributed by atoms with Crippen LogP contribution in [0.3, 0.4) is 0 Å². The Bertz CT molecular complexity index is 762. The number of rotatable bonds is 5. The first kappa shape index (κ1) is 14.3. The van der Waals surface area contributed by atoms with E-state index in [-0.39, 0.29) is 5.91 Å². The molecule has 0 radical (unpaired) electrons. The maximum Gasteiger partial charge on any atom is 0.244 e. The van der Waals surface area contributed by atoms with Crippen molar-refractivity contribution in [2.24, 2.45) is 0 Å². The molecular weight excluding hydrogens is 296 g/mol. The fraction of sp³-hybridized carbons (Fsp3) is 0.0588. The zero-order valence-electron chi connectivity index (χ0n) is 11.7. The van der Waals surface area contributed by atoms with Crippen molar-refractivity contribution in [3.63, 3.8) is 0 Å². The number of pyridine rings is 1. The van der Waals surface area contributed by atoms with Gasteiger partial charge in [-0.25, -0.2) is 0 Å². The lowest BCUT2D eigenvalue weighted by molar-refractivity contribution is -0.116. The predicted molar refractivity (Wildman–Crippen MR) is 87.1 cm³/mol. The smallest absolute Gasteiger partial charge is 0.244 e. The van der Waals surface area contributed by atoms with Crippen molar-refractivity contribution in [3.8, 4) is 11.3 Å². The molecule has 1 N–H and O–H groups in total. The van der Waals surface area contributed by atoms with Crippen LogP contribution in [0.2, 0.25) is 0 Å². The molecule has 22 heavy (non-hydrogen) atoms. The van der Waals surface area contributed by atoms with Crippen molar-refractivity contribution in [1.29, 1.82) is 0 Å². The molecule has 4 nitrogen and oxygen atoms in total. The summed E-state index contributed by atoms with van der Waals surface area (Å²) in [5.74, 6) is 0.479. The molecule has 0 bridgehead atoms. The van der Waals surface area contributed by atoms with E-state index in [2.05, 4.69) is 10.3 Å². The number of furan rings is 1. The molecule has 5 heteroatoms. The Kier molecular flexibility index (Phi) is 4.46. The maximum absolute atomic E-state index is 11.9. The molecular formula is C17H14N2O2S. The van der Waals surface area contributed by atoms with Gasteiger partial charge in [0.15, 0.2) is 0 Å². The van der Waals surface area contributed by atoms with Crippen LogP contribution in [-0.2, 0) is 11.3 Å². The number of amides is 1. The highest BCUT2D eigenvalue weighted by Gasteiger charge is 2.07. The van der Waals surface area contributed by atoms with Gasteiger partial charge in [0.1, 0.15) is 5.76 Å². The third-order valence-electron chi connectivity index (χ3n) is 3.08. The van der Waals surface area contributed by atoms with Gasteiger partial charge in [0.2, 0.25) is 5.91 Å². The lowest BCUT2D eigenvalue weighted by Crippen LogP contribution is -2.20. The van der Waals surface area contributed by atoms with Gasteiger partial charge >= 0.3 is 0 Å². The van der Waals surface area contributed by atoms with E-state index in [1.165, 1.54) is 6.08 Å². The first-order valence-corrected chi connectivity index (χ1v) is 7.73. The number of carbonyl (C=O) groups is 1. The molecule has 110 valence electrons. The summed E-state index contributed by atoms with van der Waals surface area (Å²) in [6.07, 6.45) is 6.42. The number of thiophene rings is 1. The molecule has 0 atom stereocenters. The molecule has 0 saturated heterocycles. The minimum Gasteiger partial charge on any atom is -0.465 e. The van der Waals surface area contributed by atoms with Crippen LogP contribution in [-0.4, -0.2) is 10.9 Å². The molecule has 0 aliphatic carbocycles. The molecule has 3 heterocycles. The Balaban J connectivity index is 1.66. The lowest BCUT2D eigenvalue weighted by Gasteiger charge is -2.07. The Morgan fingerprint density at radius 2 is 2.27 bits per heavy atom. The molecule has 3 aromatic rings. The van der Waals surface area contributed by atoms with Crippen molar-refractivity contribution in [2.45, 2.75) is 6.54 Å². The van der Waals surface area contributed by atoms with E-state index in [0.29, 0.717) is 12.3 Å². The molecule has 0 aliphatic heterocycles. The SMILES string of the molecule is O=C(C=Cc1ccco1)NCc1cccnc1-c1ccsc1. The Labute approximate surface area is 132 Å². The third kappa shape index (κ3) is 3.51. The summed E-state index contributed by atoms with van der Waals surface area (Å²) in [5, 5.41) is 6.92. The van der Waals surface area contributed by atoms with Gasteiger partial charge in [0, 0.05) is 29.8 Å². The van der Waals surface area contributed by atoms with Gasteiger partial charge in [-0.15, -0.1) is 0 Å². The summed E-state index contributed by atoms with van der Waals surface area (Å²) < 4.78 is 5.14. The van der Waals surface area contributed by atoms with Gasteiger partial charge in [-0.2, -0.15) is 11.3 Å². The zero-order valence-corrected chi connectivity index (χ0v) is 12.5. The minimum atomic E-state index is -0.170. The van der Waals surface area contributed by atoms with Gasteiger partial charge in [-0.1, -0.05) is 6.07 Å². The molecule has 1 amide bonds. The second kappa shape index (κ2) is 6.87. The zero-order chi connectivity index (χ0) is 15.2. The number of nitrogens with one attached hydrogen (secondary N) is 1. The van der Waals surface area contributed by atoms with E-state index in [4.69, 9.17) is 4.42 Å². The molecule has 3 rings (SSSR count). The Morgan fingerprint density at radius 3 is 3.05 bits per heavy atom. The van der Waals surface area contributed by atoms with Crippen molar-refractivity contribution in [3.05, 3.63) is 71.0 Å². The molecule has 0 saturated carbocycles. The van der Waals surface area contributed by atoms with E-state index in [9.17, 15) is 4.79 Å². The van der Waals surface area contributed by atoms with Gasteiger partial charge in [-0.05, 0) is 41.3 Å². The number of nitrogens with zero attached hydrogens (tertiary/aromatic N) is 1. The summed E-state index contributed by atoms with van der Waals surface area (Å²) in [5.41, 5.74) is 2.96. The fourth-order valence-corrected chi connectivity index (χ4v) is 2.67. The maximum atomic E-state index is 11.9. The summed E-state index contributed by atoms with van der Waals surface area (Å²) in [7, 11) is 0. The van der Waals surface area contributed by atoms with E-state index >= 15 is 0 Å². The highest BCUT2D eigenvalue weighted by Crippen LogP contribution is 2.23. The molecule has 0 spiro atoms. The molecule has 0 aliphatic rings. The van der Waals surface area contributed by atoms with Crippen LogP contribution in [0.4, 0.5) is 0 Å². The standard InChI is InChI=1S/C17H14N2O2S/c20-16(6-5-15-4-2-9-21-15)19-11-13-3-1-8-18-17(13)14-7-10-22-12-14/h1-10,12H,11H2,(H,19,20). The van der Waals surface area contributed by atoms with Crippen LogP contribution >= 0.6 is 11.3 Å². The predicted octanol–water partition coefficient (Wildman–Crippen LogP) is 3.73. The second-order valence-electron chi connectivity index (χ2n) is 4.59. The summed E-state index contributed by atoms with van der Waals surface area (Å²) in [6.45, 7) is 0.431. The van der Waals surface area contributed by atoms with Crippen LogP contribution in [0.1, 0.15) is 11.3 Å². The first-order chi connectivity index (χ1) is 10.8. The number of carbonyl (C=O) groups excluding carboxylic acids is 1. The number of aromatic nitrogens is 1. The highest BCUT2D eigenvalue weighted by molar-refractivity contribution is 7.08. The van der Waals surface area contributed by atoms with Crippen LogP contribution in [0, 0.1) is 0 Å². The van der Waals surface area contributed by atoms with Gasteiger partial charge < -0.3 is 9.73 Å². The molecule has 0 fully saturated rings. The van der Waals surface area contributed by atoms with E-state index < -0.39 is 0 Å². The second-order valence-corrected chi connectivity index (χ2v) is 5.37. The summed E-state index contributed by atoms with van der Waals surface area (Å²) in [6, 6.07) is 9.43. The fourth-order valence-electron chi connectivity index (χ4n) is 2.03. The van der Waals surface area contributed by atoms with Gasteiger partial charge in [-0.3, -0.25) is 9.78 Å². The molecule has 3 aromatic heterocycles.